The van der Waals surface area contributed by atoms with E-state index < -0.39 is 0 Å². The lowest BCUT2D eigenvalue weighted by molar-refractivity contribution is -0.116. The maximum atomic E-state index is 12.4. The minimum absolute atomic E-state index is 0.0295. The molecule has 4 rings (SSSR count). The van der Waals surface area contributed by atoms with Crippen LogP contribution < -0.4 is 5.32 Å². The SMILES string of the molecule is O=C(CCc1ccccc1)Nc1ccccc1Cc1nc(-c2ccco2)no1. The van der Waals surface area contributed by atoms with E-state index in [1.54, 1.807) is 18.4 Å². The van der Waals surface area contributed by atoms with Crippen LogP contribution in [0.3, 0.4) is 0 Å². The summed E-state index contributed by atoms with van der Waals surface area (Å²) in [7, 11) is 0. The van der Waals surface area contributed by atoms with Gasteiger partial charge in [-0.15, -0.1) is 0 Å². The Morgan fingerprint density at radius 2 is 1.79 bits per heavy atom. The molecule has 0 aliphatic rings. The Bertz CT molecular complexity index is 1040. The lowest BCUT2D eigenvalue weighted by atomic mass is 10.1. The molecule has 28 heavy (non-hydrogen) atoms. The Kier molecular flexibility index (Phi) is 5.29. The fourth-order valence-electron chi connectivity index (χ4n) is 2.91. The Balaban J connectivity index is 1.41. The molecule has 0 aliphatic heterocycles. The summed E-state index contributed by atoms with van der Waals surface area (Å²) in [5, 5.41) is 6.93. The van der Waals surface area contributed by atoms with Gasteiger partial charge in [-0.2, -0.15) is 4.98 Å². The standard InChI is InChI=1S/C22H19N3O3/c26-20(13-12-16-7-2-1-3-8-16)23-18-10-5-4-9-17(18)15-21-24-22(25-28-21)19-11-6-14-27-19/h1-11,14H,12-13,15H2,(H,23,26). The van der Waals surface area contributed by atoms with E-state index in [9.17, 15) is 4.79 Å². The van der Waals surface area contributed by atoms with E-state index in [1.807, 2.05) is 54.6 Å². The van der Waals surface area contributed by atoms with Crippen LogP contribution in [-0.2, 0) is 17.6 Å². The highest BCUT2D eigenvalue weighted by Gasteiger charge is 2.14. The van der Waals surface area contributed by atoms with Crippen molar-refractivity contribution >= 4 is 11.6 Å². The Morgan fingerprint density at radius 3 is 2.61 bits per heavy atom. The summed E-state index contributed by atoms with van der Waals surface area (Å²) in [4.78, 5) is 16.7. The maximum absolute atomic E-state index is 12.4. The van der Waals surface area contributed by atoms with Crippen LogP contribution in [0, 0.1) is 0 Å². The van der Waals surface area contributed by atoms with Gasteiger partial charge in [0, 0.05) is 12.1 Å². The van der Waals surface area contributed by atoms with E-state index >= 15 is 0 Å². The zero-order valence-corrected chi connectivity index (χ0v) is 15.2. The fraction of sp³-hybridized carbons (Fsp3) is 0.136. The first-order chi connectivity index (χ1) is 13.8. The number of rotatable bonds is 7. The molecule has 0 saturated carbocycles. The molecule has 1 amide bonds. The summed E-state index contributed by atoms with van der Waals surface area (Å²) in [6.45, 7) is 0. The third-order valence-electron chi connectivity index (χ3n) is 4.33. The van der Waals surface area contributed by atoms with Crippen molar-refractivity contribution in [3.05, 3.63) is 90.0 Å². The van der Waals surface area contributed by atoms with Gasteiger partial charge >= 0.3 is 0 Å². The first kappa shape index (κ1) is 17.7. The molecule has 2 heterocycles. The maximum Gasteiger partial charge on any atom is 0.238 e. The molecule has 0 atom stereocenters. The first-order valence-electron chi connectivity index (χ1n) is 9.06. The smallest absolute Gasteiger partial charge is 0.238 e. The minimum atomic E-state index is -0.0295. The first-order valence-corrected chi connectivity index (χ1v) is 9.06. The molecule has 6 nitrogen and oxygen atoms in total. The van der Waals surface area contributed by atoms with Crippen LogP contribution >= 0.6 is 0 Å². The highest BCUT2D eigenvalue weighted by molar-refractivity contribution is 5.91. The molecule has 0 bridgehead atoms. The van der Waals surface area contributed by atoms with Crippen molar-refractivity contribution in [2.24, 2.45) is 0 Å². The number of amides is 1. The molecule has 1 N–H and O–H groups in total. The molecule has 0 spiro atoms. The molecular formula is C22H19N3O3. The zero-order chi connectivity index (χ0) is 19.2. The van der Waals surface area contributed by atoms with E-state index in [0.29, 0.717) is 36.7 Å². The quantitative estimate of drug-likeness (QED) is 0.516. The van der Waals surface area contributed by atoms with Crippen LogP contribution in [0.5, 0.6) is 0 Å². The monoisotopic (exact) mass is 373 g/mol. The topological polar surface area (TPSA) is 81.2 Å². The van der Waals surface area contributed by atoms with Crippen LogP contribution in [0.2, 0.25) is 0 Å². The van der Waals surface area contributed by atoms with Crippen molar-refractivity contribution in [2.45, 2.75) is 19.3 Å². The molecule has 2 aromatic carbocycles. The minimum Gasteiger partial charge on any atom is -0.461 e. The van der Waals surface area contributed by atoms with E-state index in [0.717, 1.165) is 16.8 Å². The lowest BCUT2D eigenvalue weighted by Gasteiger charge is -2.10. The number of nitrogens with zero attached hydrogens (tertiary/aromatic N) is 2. The van der Waals surface area contributed by atoms with Crippen LogP contribution in [0.15, 0.2) is 81.9 Å². The van der Waals surface area contributed by atoms with Crippen molar-refractivity contribution in [3.8, 4) is 11.6 Å². The highest BCUT2D eigenvalue weighted by Crippen LogP contribution is 2.21. The largest absolute Gasteiger partial charge is 0.461 e. The molecule has 0 aliphatic carbocycles. The van der Waals surface area contributed by atoms with E-state index in [4.69, 9.17) is 8.94 Å². The summed E-state index contributed by atoms with van der Waals surface area (Å²) in [6.07, 6.45) is 3.10. The third kappa shape index (κ3) is 4.35. The van der Waals surface area contributed by atoms with E-state index in [-0.39, 0.29) is 5.91 Å². The van der Waals surface area contributed by atoms with Gasteiger partial charge in [0.2, 0.25) is 17.6 Å². The van der Waals surface area contributed by atoms with Crippen molar-refractivity contribution in [1.82, 2.24) is 10.1 Å². The zero-order valence-electron chi connectivity index (χ0n) is 15.2. The van der Waals surface area contributed by atoms with Crippen LogP contribution in [-0.4, -0.2) is 16.0 Å². The predicted molar refractivity (Wildman–Crippen MR) is 105 cm³/mol. The Hall–Kier alpha value is -3.67. The van der Waals surface area contributed by atoms with Gasteiger partial charge in [0.05, 0.1) is 12.7 Å². The summed E-state index contributed by atoms with van der Waals surface area (Å²) in [5.41, 5.74) is 2.80. The normalized spacial score (nSPS) is 10.7. The summed E-state index contributed by atoms with van der Waals surface area (Å²) < 4.78 is 10.6. The van der Waals surface area contributed by atoms with Gasteiger partial charge < -0.3 is 14.3 Å². The molecule has 4 aromatic rings. The molecule has 2 aromatic heterocycles. The number of aryl methyl sites for hydroxylation is 1. The second-order valence-electron chi connectivity index (χ2n) is 6.36. The Labute approximate surface area is 162 Å². The van der Waals surface area contributed by atoms with Crippen LogP contribution in [0.1, 0.15) is 23.4 Å². The summed E-state index contributed by atoms with van der Waals surface area (Å²) in [6, 6.07) is 21.1. The van der Waals surface area contributed by atoms with Crippen LogP contribution in [0.4, 0.5) is 5.69 Å². The van der Waals surface area contributed by atoms with E-state index in [2.05, 4.69) is 15.5 Å². The number of furan rings is 1. The van der Waals surface area contributed by atoms with Gasteiger partial charge in [0.1, 0.15) is 0 Å². The molecule has 6 heteroatoms. The van der Waals surface area contributed by atoms with Gasteiger partial charge in [-0.3, -0.25) is 4.79 Å². The van der Waals surface area contributed by atoms with Crippen molar-refractivity contribution in [2.75, 3.05) is 5.32 Å². The fourth-order valence-corrected chi connectivity index (χ4v) is 2.91. The number of carbonyl (C=O) groups excluding carboxylic acids is 1. The van der Waals surface area contributed by atoms with Crippen LogP contribution in [0.25, 0.3) is 11.6 Å². The number of para-hydroxylation sites is 1. The number of carbonyl (C=O) groups is 1. The Morgan fingerprint density at radius 1 is 0.964 bits per heavy atom. The number of hydrogen-bond donors (Lipinski definition) is 1. The van der Waals surface area contributed by atoms with Gasteiger partial charge in [0.25, 0.3) is 0 Å². The molecule has 140 valence electrons. The molecule has 0 fully saturated rings. The predicted octanol–water partition coefficient (Wildman–Crippen LogP) is 4.49. The number of nitrogens with one attached hydrogen (secondary N) is 1. The molecule has 0 unspecified atom stereocenters. The number of hydrogen-bond acceptors (Lipinski definition) is 5. The third-order valence-corrected chi connectivity index (χ3v) is 4.33. The van der Waals surface area contributed by atoms with Crippen molar-refractivity contribution in [3.63, 3.8) is 0 Å². The van der Waals surface area contributed by atoms with Crippen molar-refractivity contribution < 1.29 is 13.7 Å². The summed E-state index contributed by atoms with van der Waals surface area (Å²) in [5.74, 6) is 1.39. The number of anilines is 1. The second-order valence-corrected chi connectivity index (χ2v) is 6.36. The lowest BCUT2D eigenvalue weighted by Crippen LogP contribution is -2.13. The van der Waals surface area contributed by atoms with Crippen molar-refractivity contribution in [1.29, 1.82) is 0 Å². The average Bonchev–Trinajstić information content (AvgIpc) is 3.41. The van der Waals surface area contributed by atoms with Gasteiger partial charge in [0.15, 0.2) is 5.76 Å². The van der Waals surface area contributed by atoms with Gasteiger partial charge in [-0.25, -0.2) is 0 Å². The molecule has 0 radical (unpaired) electrons. The number of aromatic nitrogens is 2. The second kappa shape index (κ2) is 8.35. The number of benzene rings is 2. The van der Waals surface area contributed by atoms with Gasteiger partial charge in [-0.1, -0.05) is 53.7 Å². The van der Waals surface area contributed by atoms with E-state index in [1.165, 1.54) is 0 Å². The highest BCUT2D eigenvalue weighted by atomic mass is 16.5. The summed E-state index contributed by atoms with van der Waals surface area (Å²) >= 11 is 0. The van der Waals surface area contributed by atoms with Gasteiger partial charge in [-0.05, 0) is 35.7 Å². The molecule has 0 saturated heterocycles. The average molecular weight is 373 g/mol. The molecular weight excluding hydrogens is 354 g/mol.